The molecule has 5 unspecified atom stereocenters. The Balaban J connectivity index is 5.21. The number of carbonyl (C=O) groups excluding carboxylic acids is 3. The van der Waals surface area contributed by atoms with Gasteiger partial charge in [0, 0.05) is 0 Å². The number of aliphatic hydroxyl groups is 1. The summed E-state index contributed by atoms with van der Waals surface area (Å²) in [6.07, 6.45) is 4.93. The molecule has 0 heterocycles. The lowest BCUT2D eigenvalue weighted by Crippen LogP contribution is -2.58. The number of hydrogen-bond acceptors (Lipinski definition) is 8. The molecule has 0 aromatic rings. The van der Waals surface area contributed by atoms with Gasteiger partial charge in [0.2, 0.25) is 17.7 Å². The summed E-state index contributed by atoms with van der Waals surface area (Å²) >= 11 is 2.99. The van der Waals surface area contributed by atoms with Crippen LogP contribution in [0.25, 0.3) is 0 Å². The number of hydrogen-bond donors (Lipinski definition) is 6. The third-order valence-corrected chi connectivity index (χ3v) is 6.09. The third kappa shape index (κ3) is 11.1. The Kier molecular flexibility index (Phi) is 15.4. The van der Waals surface area contributed by atoms with Crippen LogP contribution in [0.15, 0.2) is 0 Å². The lowest BCUT2D eigenvalue weighted by molar-refractivity contribution is -0.143. The van der Waals surface area contributed by atoms with Crippen molar-refractivity contribution in [3.8, 4) is 0 Å². The van der Waals surface area contributed by atoms with Gasteiger partial charge < -0.3 is 31.9 Å². The number of carboxylic acid groups (broad SMARTS) is 1. The van der Waals surface area contributed by atoms with Crippen molar-refractivity contribution in [1.82, 2.24) is 16.0 Å². The maximum atomic E-state index is 12.7. The van der Waals surface area contributed by atoms with Gasteiger partial charge in [0.05, 0.1) is 12.6 Å². The average Bonchev–Trinajstić information content (AvgIpc) is 2.75. The monoisotopic (exact) mass is 480 g/mol. The van der Waals surface area contributed by atoms with Gasteiger partial charge in [-0.15, -0.1) is 0 Å². The van der Waals surface area contributed by atoms with Gasteiger partial charge >= 0.3 is 5.97 Å². The topological polar surface area (TPSA) is 171 Å². The lowest BCUT2D eigenvalue weighted by Gasteiger charge is -2.26. The lowest BCUT2D eigenvalue weighted by atomic mass is 9.98. The Bertz CT molecular complexity index is 596. The predicted molar refractivity (Wildman–Crippen MR) is 124 cm³/mol. The molecule has 3 amide bonds. The van der Waals surface area contributed by atoms with E-state index < -0.39 is 54.5 Å². The van der Waals surface area contributed by atoms with Crippen molar-refractivity contribution >= 4 is 47.2 Å². The highest BCUT2D eigenvalue weighted by Crippen LogP contribution is 2.10. The number of nitrogens with two attached hydrogens (primary N) is 1. The molecule has 0 aromatic carbocycles. The van der Waals surface area contributed by atoms with Gasteiger partial charge in [-0.3, -0.25) is 14.4 Å². The zero-order valence-electron chi connectivity index (χ0n) is 18.6. The molecule has 5 atom stereocenters. The van der Waals surface area contributed by atoms with E-state index in [0.29, 0.717) is 24.3 Å². The maximum absolute atomic E-state index is 12.7. The molecule has 31 heavy (non-hydrogen) atoms. The van der Waals surface area contributed by atoms with Crippen molar-refractivity contribution in [2.24, 2.45) is 11.7 Å². The number of nitrogens with one attached hydrogen (secondary N) is 3. The highest BCUT2D eigenvalue weighted by Gasteiger charge is 2.31. The zero-order chi connectivity index (χ0) is 24.0. The molecule has 0 bridgehead atoms. The van der Waals surface area contributed by atoms with Gasteiger partial charge in [-0.05, 0) is 42.8 Å². The first-order valence-corrected chi connectivity index (χ1v) is 12.9. The number of rotatable bonds is 16. The number of aliphatic carboxylic acids is 1. The molecule has 0 spiro atoms. The van der Waals surface area contributed by atoms with E-state index in [9.17, 15) is 29.4 Å². The first kappa shape index (κ1) is 29.5. The Hall–Kier alpha value is -1.50. The second-order valence-electron chi connectivity index (χ2n) is 7.18. The van der Waals surface area contributed by atoms with Crippen LogP contribution in [-0.4, -0.2) is 88.7 Å². The molecule has 180 valence electrons. The molecule has 0 aliphatic rings. The second kappa shape index (κ2) is 16.2. The second-order valence-corrected chi connectivity index (χ2v) is 9.16. The van der Waals surface area contributed by atoms with Gasteiger partial charge in [-0.2, -0.15) is 23.5 Å². The van der Waals surface area contributed by atoms with E-state index >= 15 is 0 Å². The van der Waals surface area contributed by atoms with E-state index in [1.165, 1.54) is 23.5 Å². The van der Waals surface area contributed by atoms with Crippen LogP contribution in [0.5, 0.6) is 0 Å². The molecule has 7 N–H and O–H groups in total. The molecular formula is C19H36N4O6S2. The molecule has 0 saturated carbocycles. The summed E-state index contributed by atoms with van der Waals surface area (Å²) in [6, 6.07) is -4.20. The van der Waals surface area contributed by atoms with E-state index in [2.05, 4.69) is 16.0 Å². The van der Waals surface area contributed by atoms with Crippen molar-refractivity contribution in [3.63, 3.8) is 0 Å². The fourth-order valence-electron chi connectivity index (χ4n) is 2.56. The molecule has 12 heteroatoms. The summed E-state index contributed by atoms with van der Waals surface area (Å²) < 4.78 is 0. The van der Waals surface area contributed by atoms with Crippen molar-refractivity contribution < 1.29 is 29.4 Å². The Morgan fingerprint density at radius 3 is 1.90 bits per heavy atom. The van der Waals surface area contributed by atoms with Crippen LogP contribution in [0.2, 0.25) is 0 Å². The highest BCUT2D eigenvalue weighted by molar-refractivity contribution is 7.98. The summed E-state index contributed by atoms with van der Waals surface area (Å²) in [4.78, 5) is 49.0. The minimum atomic E-state index is -1.28. The third-order valence-electron chi connectivity index (χ3n) is 4.81. The number of amides is 3. The van der Waals surface area contributed by atoms with E-state index in [0.717, 1.165) is 0 Å². The van der Waals surface area contributed by atoms with Crippen molar-refractivity contribution in [2.75, 3.05) is 30.6 Å². The van der Waals surface area contributed by atoms with Crippen molar-refractivity contribution in [2.45, 2.75) is 57.3 Å². The minimum Gasteiger partial charge on any atom is -0.480 e. The first-order valence-electron chi connectivity index (χ1n) is 10.1. The summed E-state index contributed by atoms with van der Waals surface area (Å²) in [5.74, 6) is -2.20. The zero-order valence-corrected chi connectivity index (χ0v) is 20.2. The quantitative estimate of drug-likeness (QED) is 0.169. The minimum absolute atomic E-state index is 0.255. The Morgan fingerprint density at radius 2 is 1.42 bits per heavy atom. The fourth-order valence-corrected chi connectivity index (χ4v) is 3.52. The van der Waals surface area contributed by atoms with Crippen LogP contribution in [-0.2, 0) is 19.2 Å². The summed E-state index contributed by atoms with van der Waals surface area (Å²) in [6.45, 7) is 2.86. The molecule has 0 aliphatic carbocycles. The summed E-state index contributed by atoms with van der Waals surface area (Å²) in [5, 5.41) is 26.3. The number of aliphatic hydroxyl groups excluding tert-OH is 1. The molecule has 0 saturated heterocycles. The Labute approximate surface area is 192 Å². The average molecular weight is 481 g/mol. The largest absolute Gasteiger partial charge is 0.480 e. The normalized spacial score (nSPS) is 15.8. The maximum Gasteiger partial charge on any atom is 0.326 e. The Morgan fingerprint density at radius 1 is 0.903 bits per heavy atom. The van der Waals surface area contributed by atoms with Crippen LogP contribution in [0, 0.1) is 5.92 Å². The molecule has 0 aromatic heterocycles. The first-order chi connectivity index (χ1) is 14.6. The van der Waals surface area contributed by atoms with Crippen LogP contribution in [0.3, 0.4) is 0 Å². The van der Waals surface area contributed by atoms with Crippen LogP contribution in [0.4, 0.5) is 0 Å². The molecule has 0 aliphatic heterocycles. The summed E-state index contributed by atoms with van der Waals surface area (Å²) in [5.41, 5.74) is 5.79. The predicted octanol–water partition coefficient (Wildman–Crippen LogP) is -0.603. The molecule has 0 fully saturated rings. The van der Waals surface area contributed by atoms with Crippen molar-refractivity contribution in [3.05, 3.63) is 0 Å². The van der Waals surface area contributed by atoms with Crippen LogP contribution < -0.4 is 21.7 Å². The van der Waals surface area contributed by atoms with Gasteiger partial charge in [-0.1, -0.05) is 20.3 Å². The van der Waals surface area contributed by atoms with E-state index in [1.807, 2.05) is 19.4 Å². The van der Waals surface area contributed by atoms with Gasteiger partial charge in [0.1, 0.15) is 18.1 Å². The number of carbonyl (C=O) groups is 4. The molecule has 10 nitrogen and oxygen atoms in total. The van der Waals surface area contributed by atoms with Gasteiger partial charge in [0.15, 0.2) is 0 Å². The van der Waals surface area contributed by atoms with Crippen LogP contribution in [0.1, 0.15) is 33.1 Å². The van der Waals surface area contributed by atoms with Gasteiger partial charge in [0.25, 0.3) is 0 Å². The van der Waals surface area contributed by atoms with E-state index in [1.54, 1.807) is 6.92 Å². The highest BCUT2D eigenvalue weighted by atomic mass is 32.2. The van der Waals surface area contributed by atoms with Crippen molar-refractivity contribution in [1.29, 1.82) is 0 Å². The standard InChI is InChI=1S/C19H36N4O6S2/c1-5-11(2)15(19(28)29)23-17(26)13(7-9-31-4)21-18(27)14(10-24)22-16(25)12(20)6-8-30-3/h11-15,24H,5-10,20H2,1-4H3,(H,21,27)(H,22,25)(H,23,26)(H,28,29). The number of carboxylic acids is 1. The van der Waals surface area contributed by atoms with E-state index in [-0.39, 0.29) is 12.3 Å². The van der Waals surface area contributed by atoms with Gasteiger partial charge in [-0.25, -0.2) is 4.79 Å². The molecular weight excluding hydrogens is 444 g/mol. The van der Waals surface area contributed by atoms with E-state index in [4.69, 9.17) is 5.73 Å². The molecule has 0 radical (unpaired) electrons. The molecule has 0 rings (SSSR count). The number of thioether (sulfide) groups is 2. The summed E-state index contributed by atoms with van der Waals surface area (Å²) in [7, 11) is 0. The SMILES string of the molecule is CCC(C)C(NC(=O)C(CCSC)NC(=O)C(CO)NC(=O)C(N)CCSC)C(=O)O. The smallest absolute Gasteiger partial charge is 0.326 e. The fraction of sp³-hybridized carbons (Fsp3) is 0.789. The van der Waals surface area contributed by atoms with Crippen LogP contribution >= 0.6 is 23.5 Å².